The van der Waals surface area contributed by atoms with Crippen molar-refractivity contribution in [1.82, 2.24) is 0 Å². The van der Waals surface area contributed by atoms with Crippen LogP contribution in [0.3, 0.4) is 0 Å². The first-order chi connectivity index (χ1) is 4.72. The number of aliphatic carboxylic acids is 1. The topological polar surface area (TPSA) is 46.5 Å². The van der Waals surface area contributed by atoms with E-state index in [1.165, 1.54) is 0 Å². The van der Waals surface area contributed by atoms with Gasteiger partial charge in [-0.05, 0) is 19.8 Å². The van der Waals surface area contributed by atoms with E-state index in [9.17, 15) is 4.79 Å². The van der Waals surface area contributed by atoms with Crippen molar-refractivity contribution >= 4 is 5.97 Å². The van der Waals surface area contributed by atoms with E-state index < -0.39 is 5.97 Å². The molecule has 3 nitrogen and oxygen atoms in total. The minimum absolute atomic E-state index is 0.0440. The second kappa shape index (κ2) is 3.01. The highest BCUT2D eigenvalue weighted by Crippen LogP contribution is 2.19. The molecule has 0 spiro atoms. The van der Waals surface area contributed by atoms with Crippen molar-refractivity contribution in [1.29, 1.82) is 0 Å². The van der Waals surface area contributed by atoms with E-state index in [-0.39, 0.29) is 12.0 Å². The van der Waals surface area contributed by atoms with Crippen LogP contribution in [0.2, 0.25) is 0 Å². The van der Waals surface area contributed by atoms with E-state index in [0.717, 1.165) is 19.4 Å². The molecule has 1 heterocycles. The van der Waals surface area contributed by atoms with Crippen LogP contribution in [0.25, 0.3) is 0 Å². The summed E-state index contributed by atoms with van der Waals surface area (Å²) in [4.78, 5) is 10.4. The van der Waals surface area contributed by atoms with Gasteiger partial charge in [-0.3, -0.25) is 4.79 Å². The summed E-state index contributed by atoms with van der Waals surface area (Å²) >= 11 is 0. The van der Waals surface area contributed by atoms with Crippen LogP contribution in [-0.2, 0) is 9.53 Å². The summed E-state index contributed by atoms with van der Waals surface area (Å²) in [7, 11) is 0. The van der Waals surface area contributed by atoms with Crippen LogP contribution >= 0.6 is 0 Å². The van der Waals surface area contributed by atoms with E-state index in [2.05, 4.69) is 0 Å². The molecule has 3 heteroatoms. The normalized spacial score (nSPS) is 28.3. The van der Waals surface area contributed by atoms with Gasteiger partial charge in [0.2, 0.25) is 0 Å². The van der Waals surface area contributed by atoms with Crippen molar-refractivity contribution in [2.75, 3.05) is 6.61 Å². The predicted octanol–water partition coefficient (Wildman–Crippen LogP) is 0.886. The van der Waals surface area contributed by atoms with Crippen molar-refractivity contribution in [2.45, 2.75) is 25.9 Å². The zero-order chi connectivity index (χ0) is 7.56. The fourth-order valence-electron chi connectivity index (χ4n) is 1.16. The zero-order valence-electron chi connectivity index (χ0n) is 6.04. The summed E-state index contributed by atoms with van der Waals surface area (Å²) in [6.45, 7) is 2.42. The first-order valence-electron chi connectivity index (χ1n) is 3.56. The van der Waals surface area contributed by atoms with Crippen molar-refractivity contribution in [3.05, 3.63) is 0 Å². The molecule has 0 aromatic rings. The van der Waals surface area contributed by atoms with Gasteiger partial charge in [0.25, 0.3) is 0 Å². The number of carbonyl (C=O) groups is 1. The third-order valence-corrected chi connectivity index (χ3v) is 1.91. The Morgan fingerprint density at radius 3 is 2.90 bits per heavy atom. The van der Waals surface area contributed by atoms with Crippen molar-refractivity contribution in [2.24, 2.45) is 5.92 Å². The van der Waals surface area contributed by atoms with Gasteiger partial charge in [-0.15, -0.1) is 0 Å². The molecule has 2 atom stereocenters. The predicted molar refractivity (Wildman–Crippen MR) is 35.8 cm³/mol. The molecule has 1 aliphatic heterocycles. The molecule has 0 radical (unpaired) electrons. The summed E-state index contributed by atoms with van der Waals surface area (Å²) in [6, 6.07) is 0. The van der Waals surface area contributed by atoms with Crippen LogP contribution < -0.4 is 0 Å². The van der Waals surface area contributed by atoms with Crippen molar-refractivity contribution in [3.8, 4) is 0 Å². The van der Waals surface area contributed by atoms with Crippen LogP contribution in [-0.4, -0.2) is 23.8 Å². The molecule has 1 saturated heterocycles. The Labute approximate surface area is 60.0 Å². The molecule has 1 aliphatic rings. The number of rotatable bonds is 2. The van der Waals surface area contributed by atoms with Crippen LogP contribution in [0.1, 0.15) is 19.8 Å². The third-order valence-electron chi connectivity index (χ3n) is 1.91. The Morgan fingerprint density at radius 1 is 1.80 bits per heavy atom. The quantitative estimate of drug-likeness (QED) is 0.626. The summed E-state index contributed by atoms with van der Waals surface area (Å²) in [6.07, 6.45) is 1.85. The minimum atomic E-state index is -0.757. The maximum absolute atomic E-state index is 10.4. The smallest absolute Gasteiger partial charge is 0.308 e. The molecule has 58 valence electrons. The monoisotopic (exact) mass is 144 g/mol. The Kier molecular flexibility index (Phi) is 2.27. The number of hydrogen-bond acceptors (Lipinski definition) is 2. The van der Waals surface area contributed by atoms with Gasteiger partial charge < -0.3 is 9.84 Å². The zero-order valence-corrected chi connectivity index (χ0v) is 6.04. The Morgan fingerprint density at radius 2 is 2.50 bits per heavy atom. The number of hydrogen-bond donors (Lipinski definition) is 1. The molecule has 0 bridgehead atoms. The molecule has 0 aromatic heterocycles. The standard InChI is InChI=1S/C7H12O3/c1-5(7(8)9)6-3-2-4-10-6/h5-6H,2-4H2,1H3,(H,8,9)/t5?,6-/m1/s1. The van der Waals surface area contributed by atoms with Gasteiger partial charge in [-0.25, -0.2) is 0 Å². The average molecular weight is 144 g/mol. The van der Waals surface area contributed by atoms with E-state index in [1.54, 1.807) is 6.92 Å². The van der Waals surface area contributed by atoms with Gasteiger partial charge in [0, 0.05) is 6.61 Å². The van der Waals surface area contributed by atoms with E-state index in [4.69, 9.17) is 9.84 Å². The number of ether oxygens (including phenoxy) is 1. The van der Waals surface area contributed by atoms with Gasteiger partial charge in [0.1, 0.15) is 0 Å². The molecule has 0 aromatic carbocycles. The maximum atomic E-state index is 10.4. The number of carboxylic acids is 1. The highest BCUT2D eigenvalue weighted by atomic mass is 16.5. The van der Waals surface area contributed by atoms with Gasteiger partial charge >= 0.3 is 5.97 Å². The molecular formula is C7H12O3. The van der Waals surface area contributed by atoms with Crippen LogP contribution in [0.4, 0.5) is 0 Å². The molecule has 1 fully saturated rings. The molecule has 1 unspecified atom stereocenters. The lowest BCUT2D eigenvalue weighted by molar-refractivity contribution is -0.145. The molecule has 1 rings (SSSR count). The summed E-state index contributed by atoms with van der Waals surface area (Å²) in [5.41, 5.74) is 0. The van der Waals surface area contributed by atoms with E-state index >= 15 is 0 Å². The second-order valence-corrected chi connectivity index (χ2v) is 2.68. The Balaban J connectivity index is 2.39. The summed E-state index contributed by atoms with van der Waals surface area (Å²) in [5, 5.41) is 8.56. The minimum Gasteiger partial charge on any atom is -0.481 e. The number of carboxylic acid groups (broad SMARTS) is 1. The van der Waals surface area contributed by atoms with Crippen LogP contribution in [0, 0.1) is 5.92 Å². The Bertz CT molecular complexity index is 127. The molecule has 10 heavy (non-hydrogen) atoms. The largest absolute Gasteiger partial charge is 0.481 e. The molecule has 0 aliphatic carbocycles. The lowest BCUT2D eigenvalue weighted by Gasteiger charge is -2.12. The summed E-state index contributed by atoms with van der Waals surface area (Å²) < 4.78 is 5.20. The molecule has 0 amide bonds. The second-order valence-electron chi connectivity index (χ2n) is 2.68. The fourth-order valence-corrected chi connectivity index (χ4v) is 1.16. The van der Waals surface area contributed by atoms with Crippen molar-refractivity contribution in [3.63, 3.8) is 0 Å². The lowest BCUT2D eigenvalue weighted by Crippen LogP contribution is -2.24. The Hall–Kier alpha value is -0.570. The maximum Gasteiger partial charge on any atom is 0.308 e. The fraction of sp³-hybridized carbons (Fsp3) is 0.857. The van der Waals surface area contributed by atoms with E-state index in [1.807, 2.05) is 0 Å². The highest BCUT2D eigenvalue weighted by Gasteiger charge is 2.26. The van der Waals surface area contributed by atoms with Gasteiger partial charge in [-0.1, -0.05) is 0 Å². The van der Waals surface area contributed by atoms with Crippen LogP contribution in [0.15, 0.2) is 0 Å². The van der Waals surface area contributed by atoms with E-state index in [0.29, 0.717) is 0 Å². The third kappa shape index (κ3) is 1.48. The lowest BCUT2D eigenvalue weighted by atomic mass is 10.0. The van der Waals surface area contributed by atoms with Crippen LogP contribution in [0.5, 0.6) is 0 Å². The first kappa shape index (κ1) is 7.54. The summed E-state index contributed by atoms with van der Waals surface area (Å²) in [5.74, 6) is -1.10. The van der Waals surface area contributed by atoms with Gasteiger partial charge in [-0.2, -0.15) is 0 Å². The first-order valence-corrected chi connectivity index (χ1v) is 3.56. The SMILES string of the molecule is CC(C(=O)O)[C@H]1CCCO1. The van der Waals surface area contributed by atoms with Crippen molar-refractivity contribution < 1.29 is 14.6 Å². The highest BCUT2D eigenvalue weighted by molar-refractivity contribution is 5.70. The van der Waals surface area contributed by atoms with Gasteiger partial charge in [0.05, 0.1) is 12.0 Å². The van der Waals surface area contributed by atoms with Gasteiger partial charge in [0.15, 0.2) is 0 Å². The average Bonchev–Trinajstić information content (AvgIpc) is 2.36. The molecular weight excluding hydrogens is 132 g/mol. The molecule has 0 saturated carbocycles. The molecule has 1 N–H and O–H groups in total.